The summed E-state index contributed by atoms with van der Waals surface area (Å²) in [5, 5.41) is 1.20. The van der Waals surface area contributed by atoms with E-state index in [-0.39, 0.29) is 5.91 Å². The zero-order valence-corrected chi connectivity index (χ0v) is 17.5. The number of rotatable bonds is 5. The quantitative estimate of drug-likeness (QED) is 0.466. The van der Waals surface area contributed by atoms with E-state index in [2.05, 4.69) is 27.5 Å². The largest absolute Gasteiger partial charge is 0.461 e. The topological polar surface area (TPSA) is 49.6 Å². The van der Waals surface area contributed by atoms with E-state index in [4.69, 9.17) is 4.42 Å². The number of aryl methyl sites for hydroxylation is 1. The Labute approximate surface area is 179 Å². The van der Waals surface area contributed by atoms with Gasteiger partial charge in [0.2, 0.25) is 5.91 Å². The molecule has 2 aromatic carbocycles. The van der Waals surface area contributed by atoms with Crippen LogP contribution in [0.5, 0.6) is 0 Å². The number of aromatic nitrogens is 1. The van der Waals surface area contributed by atoms with Crippen LogP contribution in [0.2, 0.25) is 0 Å². The summed E-state index contributed by atoms with van der Waals surface area (Å²) >= 11 is 1.54. The zero-order chi connectivity index (χ0) is 20.3. The second-order valence-electron chi connectivity index (χ2n) is 7.50. The van der Waals surface area contributed by atoms with Gasteiger partial charge in [0.1, 0.15) is 17.3 Å². The molecule has 0 N–H and O–H groups in total. The number of fused-ring (bicyclic) bond motifs is 1. The third-order valence-corrected chi connectivity index (χ3v) is 6.41. The summed E-state index contributed by atoms with van der Waals surface area (Å²) in [6, 6.07) is 22.3. The molecule has 152 valence electrons. The number of hydrogen-bond donors (Lipinski definition) is 0. The first-order valence-electron chi connectivity index (χ1n) is 10.3. The summed E-state index contributed by atoms with van der Waals surface area (Å²) in [6.07, 6.45) is 1.10. The molecule has 5 rings (SSSR count). The maximum Gasteiger partial charge on any atom is 0.223 e. The maximum atomic E-state index is 12.7. The number of piperazine rings is 1. The van der Waals surface area contributed by atoms with Crippen molar-refractivity contribution in [3.63, 3.8) is 0 Å². The Hall–Kier alpha value is -3.12. The molecule has 2 aromatic heterocycles. The Kier molecular flexibility index (Phi) is 5.24. The minimum absolute atomic E-state index is 0.190. The Morgan fingerprint density at radius 3 is 2.53 bits per heavy atom. The fourth-order valence-electron chi connectivity index (χ4n) is 3.93. The highest BCUT2D eigenvalue weighted by Crippen LogP contribution is 2.30. The maximum absolute atomic E-state index is 12.7. The zero-order valence-electron chi connectivity index (χ0n) is 16.7. The molecule has 3 heterocycles. The first-order valence-corrected chi connectivity index (χ1v) is 11.1. The number of hydrogen-bond acceptors (Lipinski definition) is 5. The molecule has 30 heavy (non-hydrogen) atoms. The number of anilines is 1. The summed E-state index contributed by atoms with van der Waals surface area (Å²) in [4.78, 5) is 17.0. The van der Waals surface area contributed by atoms with Crippen molar-refractivity contribution >= 4 is 33.3 Å². The number of amides is 1. The van der Waals surface area contributed by atoms with Gasteiger partial charge in [-0.05, 0) is 35.8 Å². The Morgan fingerprint density at radius 2 is 1.70 bits per heavy atom. The van der Waals surface area contributed by atoms with Crippen molar-refractivity contribution in [1.29, 1.82) is 0 Å². The fourth-order valence-corrected chi connectivity index (χ4v) is 4.72. The average Bonchev–Trinajstić information content (AvgIpc) is 3.46. The third-order valence-electron chi connectivity index (χ3n) is 5.60. The van der Waals surface area contributed by atoms with Crippen LogP contribution in [0.25, 0.3) is 21.4 Å². The van der Waals surface area contributed by atoms with Crippen LogP contribution in [-0.4, -0.2) is 41.4 Å². The van der Waals surface area contributed by atoms with Gasteiger partial charge in [0.15, 0.2) is 0 Å². The Bertz CT molecular complexity index is 1140. The molecule has 0 bridgehead atoms. The van der Waals surface area contributed by atoms with Crippen LogP contribution < -0.4 is 4.90 Å². The van der Waals surface area contributed by atoms with E-state index in [9.17, 15) is 4.79 Å². The van der Waals surface area contributed by atoms with Gasteiger partial charge < -0.3 is 14.2 Å². The molecule has 6 heteroatoms. The second-order valence-corrected chi connectivity index (χ2v) is 8.31. The lowest BCUT2D eigenvalue weighted by Crippen LogP contribution is -2.49. The molecule has 0 atom stereocenters. The first-order chi connectivity index (χ1) is 14.8. The van der Waals surface area contributed by atoms with Crippen molar-refractivity contribution in [3.8, 4) is 11.3 Å². The van der Waals surface area contributed by atoms with E-state index < -0.39 is 0 Å². The lowest BCUT2D eigenvalue weighted by atomic mass is 10.2. The van der Waals surface area contributed by atoms with Gasteiger partial charge in [-0.25, -0.2) is 0 Å². The summed E-state index contributed by atoms with van der Waals surface area (Å²) in [7, 11) is 0. The first kappa shape index (κ1) is 18.9. The van der Waals surface area contributed by atoms with Crippen LogP contribution in [0.15, 0.2) is 71.1 Å². The molecule has 1 aliphatic rings. The monoisotopic (exact) mass is 417 g/mol. The molecule has 0 aliphatic carbocycles. The molecule has 0 spiro atoms. The number of carbonyl (C=O) groups excluding carboxylic acids is 1. The normalized spacial score (nSPS) is 14.4. The van der Waals surface area contributed by atoms with E-state index in [0.717, 1.165) is 49.1 Å². The number of benzene rings is 2. The van der Waals surface area contributed by atoms with E-state index in [1.54, 1.807) is 0 Å². The minimum atomic E-state index is 0.190. The summed E-state index contributed by atoms with van der Waals surface area (Å²) in [5.41, 5.74) is 1.06. The molecular formula is C24H23N3O2S. The SMILES string of the molecule is O=C(CCc1ccc(-c2ccccc2)o1)N1CCN(c2nsc3ccccc23)CC1. The van der Waals surface area contributed by atoms with E-state index >= 15 is 0 Å². The van der Waals surface area contributed by atoms with Crippen LogP contribution in [0.3, 0.4) is 0 Å². The van der Waals surface area contributed by atoms with Crippen LogP contribution >= 0.6 is 11.5 Å². The number of carbonyl (C=O) groups is 1. The van der Waals surface area contributed by atoms with Crippen LogP contribution in [0, 0.1) is 0 Å². The summed E-state index contributed by atoms with van der Waals surface area (Å²) in [5.74, 6) is 2.94. The molecule has 0 radical (unpaired) electrons. The van der Waals surface area contributed by atoms with Crippen LogP contribution in [-0.2, 0) is 11.2 Å². The predicted molar refractivity (Wildman–Crippen MR) is 121 cm³/mol. The van der Waals surface area contributed by atoms with Crippen molar-refractivity contribution in [1.82, 2.24) is 9.27 Å². The van der Waals surface area contributed by atoms with Crippen LogP contribution in [0.4, 0.5) is 5.82 Å². The van der Waals surface area contributed by atoms with Gasteiger partial charge in [-0.3, -0.25) is 4.79 Å². The van der Waals surface area contributed by atoms with Gasteiger partial charge in [-0.1, -0.05) is 42.5 Å². The molecule has 1 amide bonds. The molecular weight excluding hydrogens is 394 g/mol. The van der Waals surface area contributed by atoms with Crippen molar-refractivity contribution in [2.75, 3.05) is 31.1 Å². The van der Waals surface area contributed by atoms with Gasteiger partial charge in [0.05, 0.1) is 4.70 Å². The standard InChI is InChI=1S/C24H23N3O2S/c28-23(13-11-19-10-12-21(29-19)18-6-2-1-3-7-18)26-14-16-27(17-15-26)24-20-8-4-5-9-22(20)30-25-24/h1-10,12H,11,13-17H2. The molecule has 1 aliphatic heterocycles. The summed E-state index contributed by atoms with van der Waals surface area (Å²) in [6.45, 7) is 3.10. The van der Waals surface area contributed by atoms with Gasteiger partial charge in [0.25, 0.3) is 0 Å². The van der Waals surface area contributed by atoms with E-state index in [1.165, 1.54) is 21.6 Å². The lowest BCUT2D eigenvalue weighted by Gasteiger charge is -2.35. The third kappa shape index (κ3) is 3.83. The fraction of sp³-hybridized carbons (Fsp3) is 0.250. The molecule has 0 unspecified atom stereocenters. The van der Waals surface area contributed by atoms with Gasteiger partial charge >= 0.3 is 0 Å². The Morgan fingerprint density at radius 1 is 0.933 bits per heavy atom. The van der Waals surface area contributed by atoms with Crippen molar-refractivity contribution in [3.05, 3.63) is 72.5 Å². The summed E-state index contributed by atoms with van der Waals surface area (Å²) < 4.78 is 11.8. The van der Waals surface area contributed by atoms with Crippen molar-refractivity contribution < 1.29 is 9.21 Å². The van der Waals surface area contributed by atoms with Gasteiger partial charge in [-0.15, -0.1) is 0 Å². The lowest BCUT2D eigenvalue weighted by molar-refractivity contribution is -0.131. The smallest absolute Gasteiger partial charge is 0.223 e. The van der Waals surface area contributed by atoms with Crippen LogP contribution in [0.1, 0.15) is 12.2 Å². The van der Waals surface area contributed by atoms with E-state index in [0.29, 0.717) is 12.8 Å². The highest BCUT2D eigenvalue weighted by Gasteiger charge is 2.23. The molecule has 1 saturated heterocycles. The van der Waals surface area contributed by atoms with Gasteiger partial charge in [0, 0.05) is 50.0 Å². The van der Waals surface area contributed by atoms with Crippen molar-refractivity contribution in [2.24, 2.45) is 0 Å². The van der Waals surface area contributed by atoms with E-state index in [1.807, 2.05) is 53.4 Å². The Balaban J connectivity index is 1.15. The highest BCUT2D eigenvalue weighted by molar-refractivity contribution is 7.13. The molecule has 1 fully saturated rings. The molecule has 4 aromatic rings. The number of nitrogens with zero attached hydrogens (tertiary/aromatic N) is 3. The molecule has 0 saturated carbocycles. The van der Waals surface area contributed by atoms with Crippen molar-refractivity contribution in [2.45, 2.75) is 12.8 Å². The minimum Gasteiger partial charge on any atom is -0.461 e. The highest BCUT2D eigenvalue weighted by atomic mass is 32.1. The van der Waals surface area contributed by atoms with Gasteiger partial charge in [-0.2, -0.15) is 4.37 Å². The second kappa shape index (κ2) is 8.32. The predicted octanol–water partition coefficient (Wildman–Crippen LogP) is 4.84. The number of furan rings is 1. The molecule has 5 nitrogen and oxygen atoms in total. The average molecular weight is 418 g/mol.